The van der Waals surface area contributed by atoms with Crippen molar-refractivity contribution in [2.45, 2.75) is 51.0 Å². The van der Waals surface area contributed by atoms with Crippen LogP contribution in [0.3, 0.4) is 0 Å². The van der Waals surface area contributed by atoms with Gasteiger partial charge in [0.2, 0.25) is 11.8 Å². The second kappa shape index (κ2) is 4.83. The Bertz CT molecular complexity index is 396. The molecule has 0 unspecified atom stereocenters. The summed E-state index contributed by atoms with van der Waals surface area (Å²) >= 11 is 0. The molecule has 0 radical (unpaired) electrons. The fourth-order valence-corrected chi connectivity index (χ4v) is 2.26. The van der Waals surface area contributed by atoms with Crippen LogP contribution in [0.15, 0.2) is 4.42 Å². The highest BCUT2D eigenvalue weighted by molar-refractivity contribution is 5.89. The Morgan fingerprint density at radius 2 is 2.12 bits per heavy atom. The summed E-state index contributed by atoms with van der Waals surface area (Å²) in [5.41, 5.74) is 5.83. The van der Waals surface area contributed by atoms with Crippen LogP contribution in [0.5, 0.6) is 0 Å². The zero-order valence-electron chi connectivity index (χ0n) is 10.0. The topological polar surface area (TPSA) is 94.0 Å². The third kappa shape index (κ3) is 3.26. The van der Waals surface area contributed by atoms with E-state index in [1.807, 2.05) is 0 Å². The van der Waals surface area contributed by atoms with Gasteiger partial charge in [0.05, 0.1) is 0 Å². The molecule has 0 aromatic carbocycles. The Morgan fingerprint density at radius 1 is 1.41 bits per heavy atom. The highest BCUT2D eigenvalue weighted by Gasteiger charge is 2.30. The first-order valence-corrected chi connectivity index (χ1v) is 5.96. The van der Waals surface area contributed by atoms with E-state index in [2.05, 4.69) is 15.5 Å². The van der Waals surface area contributed by atoms with E-state index in [-0.39, 0.29) is 17.5 Å². The highest BCUT2D eigenvalue weighted by atomic mass is 16.4. The molecule has 1 saturated carbocycles. The van der Waals surface area contributed by atoms with Gasteiger partial charge in [0.25, 0.3) is 0 Å². The number of aromatic nitrogens is 2. The molecule has 1 aliphatic carbocycles. The van der Waals surface area contributed by atoms with Crippen molar-refractivity contribution < 1.29 is 9.21 Å². The molecule has 0 bridgehead atoms. The van der Waals surface area contributed by atoms with Gasteiger partial charge in [-0.2, -0.15) is 0 Å². The number of nitrogens with one attached hydrogen (secondary N) is 1. The Labute approximate surface area is 100.0 Å². The molecule has 1 fully saturated rings. The summed E-state index contributed by atoms with van der Waals surface area (Å²) < 4.78 is 5.08. The van der Waals surface area contributed by atoms with Gasteiger partial charge in [0, 0.05) is 18.9 Å². The Morgan fingerprint density at radius 3 is 2.71 bits per heavy atom. The van der Waals surface area contributed by atoms with Crippen molar-refractivity contribution in [2.24, 2.45) is 5.73 Å². The molecular formula is C11H18N4O2. The quantitative estimate of drug-likeness (QED) is 0.829. The minimum Gasteiger partial charge on any atom is -0.408 e. The zero-order valence-corrected chi connectivity index (χ0v) is 10.0. The fraction of sp³-hybridized carbons (Fsp3) is 0.727. The maximum absolute atomic E-state index is 11.8. The molecule has 6 heteroatoms. The first-order valence-electron chi connectivity index (χ1n) is 5.96. The van der Waals surface area contributed by atoms with Crippen LogP contribution in [-0.4, -0.2) is 21.6 Å². The molecule has 1 amide bonds. The van der Waals surface area contributed by atoms with Crippen LogP contribution < -0.4 is 11.1 Å². The van der Waals surface area contributed by atoms with E-state index in [0.717, 1.165) is 25.7 Å². The van der Waals surface area contributed by atoms with E-state index in [0.29, 0.717) is 12.3 Å². The van der Waals surface area contributed by atoms with E-state index < -0.39 is 0 Å². The van der Waals surface area contributed by atoms with E-state index in [4.69, 9.17) is 10.2 Å². The van der Waals surface area contributed by atoms with E-state index >= 15 is 0 Å². The number of rotatable bonds is 3. The van der Waals surface area contributed by atoms with Gasteiger partial charge >= 0.3 is 6.01 Å². The van der Waals surface area contributed by atoms with Gasteiger partial charge in [0.15, 0.2) is 0 Å². The van der Waals surface area contributed by atoms with Crippen molar-refractivity contribution >= 4 is 11.9 Å². The van der Waals surface area contributed by atoms with Crippen LogP contribution >= 0.6 is 0 Å². The van der Waals surface area contributed by atoms with Crippen molar-refractivity contribution in [3.63, 3.8) is 0 Å². The summed E-state index contributed by atoms with van der Waals surface area (Å²) in [6.45, 7) is 1.67. The smallest absolute Gasteiger partial charge is 0.322 e. The number of hydrogen-bond donors (Lipinski definition) is 2. The molecule has 1 heterocycles. The first kappa shape index (κ1) is 12.0. The van der Waals surface area contributed by atoms with Gasteiger partial charge < -0.3 is 10.2 Å². The summed E-state index contributed by atoms with van der Waals surface area (Å²) in [4.78, 5) is 11.8. The van der Waals surface area contributed by atoms with E-state index in [9.17, 15) is 4.79 Å². The highest BCUT2D eigenvalue weighted by Crippen LogP contribution is 2.28. The molecule has 0 spiro atoms. The summed E-state index contributed by atoms with van der Waals surface area (Å²) in [5.74, 6) is 0.276. The Hall–Kier alpha value is -1.43. The second-order valence-electron chi connectivity index (χ2n) is 4.77. The van der Waals surface area contributed by atoms with Crippen LogP contribution in [-0.2, 0) is 4.79 Å². The Kier molecular flexibility index (Phi) is 3.42. The number of anilines is 1. The normalized spacial score (nSPS) is 18.9. The van der Waals surface area contributed by atoms with Gasteiger partial charge in [0.1, 0.15) is 0 Å². The molecule has 0 aliphatic heterocycles. The lowest BCUT2D eigenvalue weighted by Crippen LogP contribution is -2.44. The summed E-state index contributed by atoms with van der Waals surface area (Å²) in [6.07, 6.45) is 5.54. The molecule has 94 valence electrons. The van der Waals surface area contributed by atoms with E-state index in [1.165, 1.54) is 6.42 Å². The monoisotopic (exact) mass is 238 g/mol. The number of amides is 1. The zero-order chi connectivity index (χ0) is 12.3. The summed E-state index contributed by atoms with van der Waals surface area (Å²) in [6, 6.07) is 0.145. The van der Waals surface area contributed by atoms with Crippen LogP contribution in [0.4, 0.5) is 6.01 Å². The van der Waals surface area contributed by atoms with Crippen LogP contribution in [0.25, 0.3) is 0 Å². The van der Waals surface area contributed by atoms with Gasteiger partial charge in [-0.3, -0.25) is 10.1 Å². The number of carbonyl (C=O) groups excluding carboxylic acids is 1. The average molecular weight is 238 g/mol. The molecular weight excluding hydrogens is 220 g/mol. The first-order chi connectivity index (χ1) is 8.07. The maximum atomic E-state index is 11.8. The van der Waals surface area contributed by atoms with Crippen LogP contribution in [0.2, 0.25) is 0 Å². The predicted octanol–water partition coefficient (Wildman–Crippen LogP) is 1.37. The molecule has 1 aromatic rings. The summed E-state index contributed by atoms with van der Waals surface area (Å²) in [7, 11) is 0. The van der Waals surface area contributed by atoms with Gasteiger partial charge in [-0.1, -0.05) is 24.4 Å². The third-order valence-corrected chi connectivity index (χ3v) is 3.13. The number of aryl methyl sites for hydroxylation is 1. The second-order valence-corrected chi connectivity index (χ2v) is 4.77. The molecule has 2 rings (SSSR count). The van der Waals surface area contributed by atoms with Gasteiger partial charge in [-0.25, -0.2) is 0 Å². The standard InChI is InChI=1S/C11H18N4O2/c1-8-14-15-10(17-8)13-9(16)7-11(12)5-3-2-4-6-11/h2-7,12H2,1H3,(H,13,15,16). The minimum absolute atomic E-state index is 0.145. The predicted molar refractivity (Wildman–Crippen MR) is 62.3 cm³/mol. The SMILES string of the molecule is Cc1nnc(NC(=O)CC2(N)CCCCC2)o1. The van der Waals surface area contributed by atoms with Crippen molar-refractivity contribution in [3.05, 3.63) is 5.89 Å². The minimum atomic E-state index is -0.364. The molecule has 17 heavy (non-hydrogen) atoms. The lowest BCUT2D eigenvalue weighted by molar-refractivity contribution is -0.117. The van der Waals surface area contributed by atoms with Crippen molar-refractivity contribution in [2.75, 3.05) is 5.32 Å². The lowest BCUT2D eigenvalue weighted by Gasteiger charge is -2.32. The summed E-state index contributed by atoms with van der Waals surface area (Å²) in [5, 5.41) is 9.93. The molecule has 1 aliphatic rings. The fourth-order valence-electron chi connectivity index (χ4n) is 2.26. The largest absolute Gasteiger partial charge is 0.408 e. The third-order valence-electron chi connectivity index (χ3n) is 3.13. The van der Waals surface area contributed by atoms with Crippen molar-refractivity contribution in [1.82, 2.24) is 10.2 Å². The molecule has 0 atom stereocenters. The van der Waals surface area contributed by atoms with E-state index in [1.54, 1.807) is 6.92 Å². The van der Waals surface area contributed by atoms with Crippen molar-refractivity contribution in [3.8, 4) is 0 Å². The molecule has 1 aromatic heterocycles. The number of nitrogens with zero attached hydrogens (tertiary/aromatic N) is 2. The molecule has 3 N–H and O–H groups in total. The lowest BCUT2D eigenvalue weighted by atomic mass is 9.80. The number of carbonyl (C=O) groups is 1. The van der Waals surface area contributed by atoms with Gasteiger partial charge in [-0.05, 0) is 12.8 Å². The van der Waals surface area contributed by atoms with Gasteiger partial charge in [-0.15, -0.1) is 5.10 Å². The maximum Gasteiger partial charge on any atom is 0.322 e. The van der Waals surface area contributed by atoms with Crippen LogP contribution in [0.1, 0.15) is 44.4 Å². The molecule has 0 saturated heterocycles. The number of nitrogens with two attached hydrogens (primary N) is 1. The number of hydrogen-bond acceptors (Lipinski definition) is 5. The van der Waals surface area contributed by atoms with Crippen LogP contribution in [0, 0.1) is 6.92 Å². The average Bonchev–Trinajstić information content (AvgIpc) is 2.63. The molecule has 6 nitrogen and oxygen atoms in total. The Balaban J connectivity index is 1.88. The van der Waals surface area contributed by atoms with Crippen molar-refractivity contribution in [1.29, 1.82) is 0 Å².